The number of rotatable bonds is 2. The fraction of sp³-hybridized carbons (Fsp3) is 0.667. The molecule has 11 heavy (non-hydrogen) atoms. The van der Waals surface area contributed by atoms with Gasteiger partial charge in [0.15, 0.2) is 0 Å². The Kier molecular flexibility index (Phi) is 2.73. The Balaban J connectivity index is 2.68. The van der Waals surface area contributed by atoms with E-state index < -0.39 is 5.50 Å². The number of hydrogen-bond donors (Lipinski definition) is 0. The molecule has 1 saturated heterocycles. The van der Waals surface area contributed by atoms with Gasteiger partial charge in [-0.3, -0.25) is 14.5 Å². The molecule has 1 unspecified atom stereocenters. The molecule has 0 bridgehead atoms. The van der Waals surface area contributed by atoms with Crippen molar-refractivity contribution in [2.45, 2.75) is 18.3 Å². The van der Waals surface area contributed by atoms with Gasteiger partial charge in [0.2, 0.25) is 11.8 Å². The first kappa shape index (κ1) is 8.81. The molecule has 0 aromatic carbocycles. The second-order valence-corrected chi connectivity index (χ2v) is 3.06. The second-order valence-electron chi connectivity index (χ2n) is 2.25. The van der Waals surface area contributed by atoms with Crippen molar-refractivity contribution in [3.05, 3.63) is 0 Å². The Morgan fingerprint density at radius 3 is 2.18 bits per heavy atom. The summed E-state index contributed by atoms with van der Waals surface area (Å²) in [7, 11) is 0. The van der Waals surface area contributed by atoms with Crippen molar-refractivity contribution < 1.29 is 9.59 Å². The van der Waals surface area contributed by atoms with Crippen molar-refractivity contribution in [2.24, 2.45) is 0 Å². The number of alkyl halides is 2. The molecule has 1 aliphatic heterocycles. The van der Waals surface area contributed by atoms with E-state index in [1.807, 2.05) is 0 Å². The number of nitrogens with zero attached hydrogens (tertiary/aromatic N) is 1. The molecule has 1 heterocycles. The maximum atomic E-state index is 10.9. The normalized spacial score (nSPS) is 21.1. The molecule has 0 N–H and O–H groups in total. The number of halogens is 2. The summed E-state index contributed by atoms with van der Waals surface area (Å²) in [6.45, 7) is 0. The van der Waals surface area contributed by atoms with Crippen LogP contribution in [0, 0.1) is 0 Å². The zero-order chi connectivity index (χ0) is 8.43. The smallest absolute Gasteiger partial charge is 0.230 e. The quantitative estimate of drug-likeness (QED) is 0.374. The lowest BCUT2D eigenvalue weighted by atomic mass is 10.4. The van der Waals surface area contributed by atoms with Crippen LogP contribution < -0.4 is 0 Å². The summed E-state index contributed by atoms with van der Waals surface area (Å²) in [6.07, 6.45) is 0.526. The summed E-state index contributed by atoms with van der Waals surface area (Å²) in [5.74, 6) is -0.370. The highest BCUT2D eigenvalue weighted by molar-refractivity contribution is 6.29. The molecule has 1 aliphatic rings. The van der Waals surface area contributed by atoms with E-state index in [1.54, 1.807) is 0 Å². The van der Waals surface area contributed by atoms with Crippen molar-refractivity contribution in [1.29, 1.82) is 0 Å². The molecular weight excluding hydrogens is 189 g/mol. The predicted octanol–water partition coefficient (Wildman–Crippen LogP) is 0.939. The average Bonchev–Trinajstić information content (AvgIpc) is 2.30. The van der Waals surface area contributed by atoms with Gasteiger partial charge < -0.3 is 0 Å². The highest BCUT2D eigenvalue weighted by Gasteiger charge is 2.33. The number of likely N-dealkylation sites (tertiary alicyclic amines) is 1. The maximum Gasteiger partial charge on any atom is 0.230 e. The van der Waals surface area contributed by atoms with E-state index in [0.29, 0.717) is 0 Å². The molecule has 5 heteroatoms. The Labute approximate surface area is 74.2 Å². The molecule has 1 atom stereocenters. The van der Waals surface area contributed by atoms with Crippen LogP contribution in [0.4, 0.5) is 0 Å². The summed E-state index contributed by atoms with van der Waals surface area (Å²) in [5, 5.41) is 0. The monoisotopic (exact) mass is 195 g/mol. The van der Waals surface area contributed by atoms with Crippen LogP contribution in [-0.2, 0) is 9.59 Å². The van der Waals surface area contributed by atoms with Gasteiger partial charge in [0.25, 0.3) is 0 Å². The molecule has 0 aromatic rings. The van der Waals surface area contributed by atoms with Gasteiger partial charge in [-0.2, -0.15) is 0 Å². The fourth-order valence-electron chi connectivity index (χ4n) is 0.975. The third-order valence-electron chi connectivity index (χ3n) is 1.50. The summed E-state index contributed by atoms with van der Waals surface area (Å²) in [4.78, 5) is 22.9. The lowest BCUT2D eigenvalue weighted by Crippen LogP contribution is -2.36. The Hall–Kier alpha value is -0.280. The molecule has 2 amide bonds. The first-order valence-electron chi connectivity index (χ1n) is 3.21. The van der Waals surface area contributed by atoms with Gasteiger partial charge >= 0.3 is 0 Å². The zero-order valence-corrected chi connectivity index (χ0v) is 7.23. The highest BCUT2D eigenvalue weighted by atomic mass is 35.5. The van der Waals surface area contributed by atoms with Gasteiger partial charge in [-0.1, -0.05) is 11.6 Å². The number of carbonyl (C=O) groups excluding carboxylic acids is 2. The molecule has 1 fully saturated rings. The third-order valence-corrected chi connectivity index (χ3v) is 2.30. The largest absolute Gasteiger partial charge is 0.274 e. The van der Waals surface area contributed by atoms with Crippen LogP contribution in [0.3, 0.4) is 0 Å². The molecule has 0 spiro atoms. The Morgan fingerprint density at radius 1 is 1.36 bits per heavy atom. The average molecular weight is 196 g/mol. The van der Waals surface area contributed by atoms with Crippen LogP contribution >= 0.6 is 23.2 Å². The van der Waals surface area contributed by atoms with Gasteiger partial charge in [-0.15, -0.1) is 11.6 Å². The van der Waals surface area contributed by atoms with E-state index in [9.17, 15) is 9.59 Å². The van der Waals surface area contributed by atoms with E-state index in [0.717, 1.165) is 4.90 Å². The summed E-state index contributed by atoms with van der Waals surface area (Å²) >= 11 is 11.0. The van der Waals surface area contributed by atoms with Crippen molar-refractivity contribution >= 4 is 35.0 Å². The lowest BCUT2D eigenvalue weighted by molar-refractivity contribution is -0.138. The van der Waals surface area contributed by atoms with Gasteiger partial charge in [0.05, 0.1) is 5.88 Å². The Morgan fingerprint density at radius 2 is 1.82 bits per heavy atom. The highest BCUT2D eigenvalue weighted by Crippen LogP contribution is 2.18. The fourth-order valence-corrected chi connectivity index (χ4v) is 1.33. The van der Waals surface area contributed by atoms with E-state index in [4.69, 9.17) is 23.2 Å². The first-order valence-corrected chi connectivity index (χ1v) is 4.19. The van der Waals surface area contributed by atoms with Crippen molar-refractivity contribution in [1.82, 2.24) is 4.90 Å². The van der Waals surface area contributed by atoms with E-state index >= 15 is 0 Å². The number of amides is 2. The van der Waals surface area contributed by atoms with Crippen molar-refractivity contribution in [3.63, 3.8) is 0 Å². The molecule has 0 saturated carbocycles. The number of imide groups is 1. The van der Waals surface area contributed by atoms with Gasteiger partial charge in [0, 0.05) is 12.8 Å². The van der Waals surface area contributed by atoms with Crippen LogP contribution in [0.1, 0.15) is 12.8 Å². The van der Waals surface area contributed by atoms with Crippen molar-refractivity contribution in [2.75, 3.05) is 5.88 Å². The SMILES string of the molecule is O=C1CCC(=O)N1C(Cl)CCl. The van der Waals surface area contributed by atoms with E-state index in [-0.39, 0.29) is 30.5 Å². The van der Waals surface area contributed by atoms with Crippen LogP contribution in [0.5, 0.6) is 0 Å². The van der Waals surface area contributed by atoms with E-state index in [1.165, 1.54) is 0 Å². The molecule has 3 nitrogen and oxygen atoms in total. The Bertz CT molecular complexity index is 179. The van der Waals surface area contributed by atoms with Gasteiger partial charge in [-0.25, -0.2) is 0 Å². The summed E-state index contributed by atoms with van der Waals surface area (Å²) in [6, 6.07) is 0. The molecule has 1 rings (SSSR count). The predicted molar refractivity (Wildman–Crippen MR) is 41.4 cm³/mol. The first-order chi connectivity index (χ1) is 5.16. The molecular formula is C6H7Cl2NO2. The third kappa shape index (κ3) is 1.65. The minimum atomic E-state index is -0.681. The molecule has 0 aromatic heterocycles. The topological polar surface area (TPSA) is 37.4 Å². The number of carbonyl (C=O) groups is 2. The summed E-state index contributed by atoms with van der Waals surface area (Å²) < 4.78 is 0. The maximum absolute atomic E-state index is 10.9. The minimum Gasteiger partial charge on any atom is -0.274 e. The van der Waals surface area contributed by atoms with Crippen LogP contribution in [0.2, 0.25) is 0 Å². The summed E-state index contributed by atoms with van der Waals surface area (Å²) in [5.41, 5.74) is -0.681. The van der Waals surface area contributed by atoms with E-state index in [2.05, 4.69) is 0 Å². The van der Waals surface area contributed by atoms with Crippen LogP contribution in [0.25, 0.3) is 0 Å². The van der Waals surface area contributed by atoms with Crippen LogP contribution in [0.15, 0.2) is 0 Å². The van der Waals surface area contributed by atoms with Gasteiger partial charge in [0.1, 0.15) is 5.50 Å². The van der Waals surface area contributed by atoms with Crippen molar-refractivity contribution in [3.8, 4) is 0 Å². The molecule has 0 radical (unpaired) electrons. The van der Waals surface area contributed by atoms with Crippen LogP contribution in [-0.4, -0.2) is 28.1 Å². The zero-order valence-electron chi connectivity index (χ0n) is 5.72. The standard InChI is InChI=1S/C6H7Cl2NO2/c7-3-4(8)9-5(10)1-2-6(9)11/h4H,1-3H2. The number of hydrogen-bond acceptors (Lipinski definition) is 2. The van der Waals surface area contributed by atoms with Gasteiger partial charge in [-0.05, 0) is 0 Å². The minimum absolute atomic E-state index is 0.0824. The lowest BCUT2D eigenvalue weighted by Gasteiger charge is -2.17. The molecule has 0 aliphatic carbocycles. The molecule has 62 valence electrons. The second kappa shape index (κ2) is 3.41.